The summed E-state index contributed by atoms with van der Waals surface area (Å²) in [5.41, 5.74) is 0.576. The summed E-state index contributed by atoms with van der Waals surface area (Å²) in [7, 11) is -1.15. The van der Waals surface area contributed by atoms with Gasteiger partial charge >= 0.3 is 0 Å². The van der Waals surface area contributed by atoms with Crippen molar-refractivity contribution in [2.75, 3.05) is 14.2 Å². The van der Waals surface area contributed by atoms with E-state index in [0.29, 0.717) is 28.7 Å². The Morgan fingerprint density at radius 1 is 1.08 bits per heavy atom. The van der Waals surface area contributed by atoms with Crippen molar-refractivity contribution < 1.29 is 36.9 Å². The summed E-state index contributed by atoms with van der Waals surface area (Å²) in [5.74, 6) is 0.732. The van der Waals surface area contributed by atoms with E-state index < -0.39 is 39.4 Å². The summed E-state index contributed by atoms with van der Waals surface area (Å²) in [6.45, 7) is 2.54. The van der Waals surface area contributed by atoms with Gasteiger partial charge in [-0.05, 0) is 61.4 Å². The van der Waals surface area contributed by atoms with Crippen LogP contribution in [-0.2, 0) is 22.2 Å². The van der Waals surface area contributed by atoms with Crippen molar-refractivity contribution in [3.8, 4) is 28.8 Å². The van der Waals surface area contributed by atoms with Gasteiger partial charge in [-0.2, -0.15) is 0 Å². The fraction of sp³-hybridized carbons (Fsp3) is 0.308. The summed E-state index contributed by atoms with van der Waals surface area (Å²) in [4.78, 5) is 0. The molecule has 0 unspecified atom stereocenters. The third-order valence-electron chi connectivity index (χ3n) is 6.25. The number of methoxy groups -OCH3 is 2. The third kappa shape index (κ3) is 5.15. The van der Waals surface area contributed by atoms with Crippen molar-refractivity contribution in [3.63, 3.8) is 0 Å². The van der Waals surface area contributed by atoms with Gasteiger partial charge in [0.25, 0.3) is 0 Å². The number of aryl methyl sites for hydroxylation is 1. The van der Waals surface area contributed by atoms with Gasteiger partial charge in [-0.25, -0.2) is 12.8 Å². The first-order chi connectivity index (χ1) is 18.1. The van der Waals surface area contributed by atoms with Crippen molar-refractivity contribution in [2.45, 2.75) is 37.6 Å². The summed E-state index contributed by atoms with van der Waals surface area (Å²) in [5, 5.41) is 27.6. The van der Waals surface area contributed by atoms with E-state index in [0.717, 1.165) is 12.1 Å². The van der Waals surface area contributed by atoms with Crippen LogP contribution >= 0.6 is 0 Å². The number of aliphatic hydroxyl groups excluding tert-OH is 2. The molecule has 2 atom stereocenters. The number of para-hydroxylation sites is 1. The fourth-order valence-electron chi connectivity index (χ4n) is 4.17. The van der Waals surface area contributed by atoms with Crippen LogP contribution in [0.3, 0.4) is 0 Å². The van der Waals surface area contributed by atoms with Gasteiger partial charge in [0.15, 0.2) is 21.4 Å². The van der Waals surface area contributed by atoms with E-state index in [-0.39, 0.29) is 22.8 Å². The minimum Gasteiger partial charge on any atom is -0.494 e. The maximum atomic E-state index is 13.6. The molecule has 0 aliphatic carbocycles. The topological polar surface area (TPSA) is 137 Å². The van der Waals surface area contributed by atoms with Gasteiger partial charge in [0.05, 0.1) is 32.2 Å². The Morgan fingerprint density at radius 3 is 2.34 bits per heavy atom. The van der Waals surface area contributed by atoms with Gasteiger partial charge in [-0.1, -0.05) is 12.1 Å². The molecule has 38 heavy (non-hydrogen) atoms. The molecule has 4 rings (SSSR count). The maximum absolute atomic E-state index is 13.6. The van der Waals surface area contributed by atoms with E-state index >= 15 is 0 Å². The number of sulfone groups is 1. The average Bonchev–Trinajstić information content (AvgIpc) is 3.52. The fourth-order valence-corrected chi connectivity index (χ4v) is 5.52. The molecule has 202 valence electrons. The highest BCUT2D eigenvalue weighted by Crippen LogP contribution is 2.37. The molecule has 2 heterocycles. The van der Waals surface area contributed by atoms with Gasteiger partial charge in [0, 0.05) is 0 Å². The number of halogens is 1. The Hall–Kier alpha value is -3.74. The third-order valence-corrected chi connectivity index (χ3v) is 8.30. The van der Waals surface area contributed by atoms with Gasteiger partial charge in [0.1, 0.15) is 34.5 Å². The standard InChI is InChI=1S/C26H28FN3O7S/c1-15-8-11-22(37-15)26-29-28-23(30(26)24-20(35-3)6-5-7-21(24)36-4)14-38(33,34)16(2)25(32)19-10-9-18(27)12-17(19)13-31/h5-12,16,25,31-32H,13-14H2,1-4H3/t16-,25+/m1/s1. The smallest absolute Gasteiger partial charge is 0.204 e. The van der Waals surface area contributed by atoms with Crippen LogP contribution in [0.25, 0.3) is 17.3 Å². The second kappa shape index (κ2) is 10.9. The Kier molecular flexibility index (Phi) is 7.86. The zero-order valence-corrected chi connectivity index (χ0v) is 22.1. The first kappa shape index (κ1) is 27.3. The number of ether oxygens (including phenoxy) is 2. The molecule has 0 saturated carbocycles. The van der Waals surface area contributed by atoms with E-state index in [1.165, 1.54) is 31.8 Å². The monoisotopic (exact) mass is 545 g/mol. The minimum atomic E-state index is -4.09. The number of nitrogens with zero attached hydrogens (tertiary/aromatic N) is 3. The molecule has 2 N–H and O–H groups in total. The number of hydrogen-bond acceptors (Lipinski definition) is 9. The molecule has 0 amide bonds. The molecule has 0 aliphatic rings. The molecule has 12 heteroatoms. The first-order valence-electron chi connectivity index (χ1n) is 11.6. The zero-order valence-electron chi connectivity index (χ0n) is 21.3. The van der Waals surface area contributed by atoms with Crippen LogP contribution in [0.5, 0.6) is 11.5 Å². The van der Waals surface area contributed by atoms with E-state index in [1.807, 2.05) is 0 Å². The predicted octanol–water partition coefficient (Wildman–Crippen LogP) is 3.52. The lowest BCUT2D eigenvalue weighted by Crippen LogP contribution is -2.28. The van der Waals surface area contributed by atoms with Crippen LogP contribution in [0.2, 0.25) is 0 Å². The summed E-state index contributed by atoms with van der Waals surface area (Å²) >= 11 is 0. The molecule has 0 bridgehead atoms. The van der Waals surface area contributed by atoms with Crippen LogP contribution in [-0.4, -0.2) is 52.9 Å². The van der Waals surface area contributed by atoms with E-state index in [1.54, 1.807) is 37.3 Å². The van der Waals surface area contributed by atoms with E-state index in [9.17, 15) is 23.0 Å². The molecule has 2 aromatic heterocycles. The lowest BCUT2D eigenvalue weighted by atomic mass is 10.0. The second-order valence-corrected chi connectivity index (χ2v) is 11.0. The summed E-state index contributed by atoms with van der Waals surface area (Å²) in [6.07, 6.45) is -1.54. The molecule has 0 aliphatic heterocycles. The molecule has 0 radical (unpaired) electrons. The number of aliphatic hydroxyl groups is 2. The van der Waals surface area contributed by atoms with Crippen molar-refractivity contribution in [1.82, 2.24) is 14.8 Å². The molecule has 2 aromatic carbocycles. The van der Waals surface area contributed by atoms with Gasteiger partial charge in [-0.3, -0.25) is 4.57 Å². The highest BCUT2D eigenvalue weighted by molar-refractivity contribution is 7.91. The van der Waals surface area contributed by atoms with Crippen LogP contribution in [0, 0.1) is 12.7 Å². The SMILES string of the molecule is COc1cccc(OC)c1-n1c(CS(=O)(=O)[C@H](C)[C@H](O)c2ccc(F)cc2CO)nnc1-c1ccc(C)o1. The molecular weight excluding hydrogens is 517 g/mol. The van der Waals surface area contributed by atoms with Gasteiger partial charge in [0.2, 0.25) is 5.82 Å². The largest absolute Gasteiger partial charge is 0.494 e. The van der Waals surface area contributed by atoms with Crippen LogP contribution in [0.15, 0.2) is 52.9 Å². The molecule has 10 nitrogen and oxygen atoms in total. The molecule has 0 saturated heterocycles. The lowest BCUT2D eigenvalue weighted by molar-refractivity contribution is 0.171. The van der Waals surface area contributed by atoms with Gasteiger partial charge in [-0.15, -0.1) is 10.2 Å². The van der Waals surface area contributed by atoms with E-state index in [2.05, 4.69) is 10.2 Å². The van der Waals surface area contributed by atoms with Crippen LogP contribution < -0.4 is 9.47 Å². The quantitative estimate of drug-likeness (QED) is 0.307. The van der Waals surface area contributed by atoms with E-state index in [4.69, 9.17) is 13.9 Å². The molecule has 0 fully saturated rings. The highest BCUT2D eigenvalue weighted by atomic mass is 32.2. The Labute approximate surface area is 219 Å². The molecular formula is C26H28FN3O7S. The molecule has 4 aromatic rings. The van der Waals surface area contributed by atoms with Crippen molar-refractivity contribution in [3.05, 3.63) is 77.1 Å². The summed E-state index contributed by atoms with van der Waals surface area (Å²) < 4.78 is 59.1. The van der Waals surface area contributed by atoms with Crippen LogP contribution in [0.1, 0.15) is 35.7 Å². The first-order valence-corrected chi connectivity index (χ1v) is 13.3. The normalized spacial score (nSPS) is 13.3. The number of aromatic nitrogens is 3. The average molecular weight is 546 g/mol. The van der Waals surface area contributed by atoms with Crippen molar-refractivity contribution in [1.29, 1.82) is 0 Å². The van der Waals surface area contributed by atoms with Crippen molar-refractivity contribution >= 4 is 9.84 Å². The second-order valence-electron chi connectivity index (χ2n) is 8.66. The predicted molar refractivity (Wildman–Crippen MR) is 136 cm³/mol. The highest BCUT2D eigenvalue weighted by Gasteiger charge is 2.34. The maximum Gasteiger partial charge on any atom is 0.204 e. The Balaban J connectivity index is 1.81. The Bertz CT molecular complexity index is 1530. The van der Waals surface area contributed by atoms with Gasteiger partial charge < -0.3 is 24.1 Å². The summed E-state index contributed by atoms with van der Waals surface area (Å²) in [6, 6.07) is 11.9. The number of rotatable bonds is 10. The molecule has 0 spiro atoms. The number of furan rings is 1. The minimum absolute atomic E-state index is 0.0254. The van der Waals surface area contributed by atoms with Crippen LogP contribution in [0.4, 0.5) is 4.39 Å². The zero-order chi connectivity index (χ0) is 27.6. The Morgan fingerprint density at radius 2 is 1.76 bits per heavy atom. The number of benzene rings is 2. The van der Waals surface area contributed by atoms with Crippen molar-refractivity contribution in [2.24, 2.45) is 0 Å². The number of hydrogen-bond donors (Lipinski definition) is 2. The lowest BCUT2D eigenvalue weighted by Gasteiger charge is -2.22.